The molecule has 1 aliphatic rings. The van der Waals surface area contributed by atoms with Gasteiger partial charge in [0.15, 0.2) is 0 Å². The summed E-state index contributed by atoms with van der Waals surface area (Å²) in [6.45, 7) is 4.41. The van der Waals surface area contributed by atoms with Crippen molar-refractivity contribution in [3.8, 4) is 5.75 Å². The summed E-state index contributed by atoms with van der Waals surface area (Å²) in [5.41, 5.74) is 1.75. The molecule has 2 atom stereocenters. The zero-order valence-electron chi connectivity index (χ0n) is 14.4. The van der Waals surface area contributed by atoms with E-state index in [0.29, 0.717) is 6.61 Å². The molecule has 0 bridgehead atoms. The molecule has 1 fully saturated rings. The van der Waals surface area contributed by atoms with Crippen LogP contribution in [0.15, 0.2) is 54.6 Å². The lowest BCUT2D eigenvalue weighted by molar-refractivity contribution is -0.141. The predicted molar refractivity (Wildman–Crippen MR) is 96.3 cm³/mol. The summed E-state index contributed by atoms with van der Waals surface area (Å²) >= 11 is 0. The summed E-state index contributed by atoms with van der Waals surface area (Å²) in [4.78, 5) is 26.5. The number of carbonyl (C=O) groups is 2. The largest absolute Gasteiger partial charge is 0.494 e. The van der Waals surface area contributed by atoms with Crippen LogP contribution in [0.25, 0.3) is 0 Å². The maximum atomic E-state index is 12.7. The van der Waals surface area contributed by atoms with Crippen LogP contribution in [-0.2, 0) is 9.59 Å². The number of anilines is 1. The molecule has 130 valence electrons. The molecule has 5 nitrogen and oxygen atoms in total. The first-order valence-corrected chi connectivity index (χ1v) is 8.50. The van der Waals surface area contributed by atoms with Crippen LogP contribution >= 0.6 is 0 Å². The third-order valence-electron chi connectivity index (χ3n) is 4.36. The monoisotopic (exact) mass is 338 g/mol. The molecule has 1 aliphatic heterocycles. The van der Waals surface area contributed by atoms with Crippen molar-refractivity contribution in [1.82, 2.24) is 4.90 Å². The van der Waals surface area contributed by atoms with E-state index in [4.69, 9.17) is 4.74 Å². The van der Waals surface area contributed by atoms with Crippen LogP contribution in [0, 0.1) is 0 Å². The molecule has 0 spiro atoms. The Balaban J connectivity index is 1.70. The summed E-state index contributed by atoms with van der Waals surface area (Å²) < 4.78 is 5.41. The van der Waals surface area contributed by atoms with Crippen LogP contribution in [0.5, 0.6) is 5.75 Å². The van der Waals surface area contributed by atoms with Gasteiger partial charge in [0.05, 0.1) is 19.1 Å². The van der Waals surface area contributed by atoms with Crippen LogP contribution in [0.3, 0.4) is 0 Å². The first-order chi connectivity index (χ1) is 12.1. The molecule has 25 heavy (non-hydrogen) atoms. The molecule has 2 aromatic rings. The number of carbonyl (C=O) groups excluding carboxylic acids is 2. The maximum Gasteiger partial charge on any atom is 0.252 e. The third-order valence-corrected chi connectivity index (χ3v) is 4.36. The van der Waals surface area contributed by atoms with Crippen LogP contribution in [0.4, 0.5) is 5.69 Å². The molecule has 0 aromatic heterocycles. The second-order valence-corrected chi connectivity index (χ2v) is 6.05. The van der Waals surface area contributed by atoms with Gasteiger partial charge in [-0.15, -0.1) is 0 Å². The topological polar surface area (TPSA) is 58.6 Å². The lowest BCUT2D eigenvalue weighted by atomic mass is 10.1. The molecule has 0 radical (unpaired) electrons. The summed E-state index contributed by atoms with van der Waals surface area (Å²) in [5, 5.41) is 3.16. The van der Waals surface area contributed by atoms with E-state index < -0.39 is 6.04 Å². The second-order valence-electron chi connectivity index (χ2n) is 6.05. The van der Waals surface area contributed by atoms with Gasteiger partial charge in [0.25, 0.3) is 5.91 Å². The molecule has 3 rings (SSSR count). The molecular formula is C20H22N2O3. The van der Waals surface area contributed by atoms with E-state index in [2.05, 4.69) is 5.32 Å². The molecule has 1 saturated heterocycles. The summed E-state index contributed by atoms with van der Waals surface area (Å²) in [5.74, 6) is 0.446. The fourth-order valence-corrected chi connectivity index (χ4v) is 3.07. The molecule has 0 saturated carbocycles. The second kappa shape index (κ2) is 7.38. The highest BCUT2D eigenvalue weighted by Crippen LogP contribution is 2.28. The Kier molecular flexibility index (Phi) is 5.03. The van der Waals surface area contributed by atoms with Crippen LogP contribution in [0.1, 0.15) is 31.9 Å². The number of nitrogens with one attached hydrogen (secondary N) is 1. The number of nitrogens with zero attached hydrogens (tertiary/aromatic N) is 1. The van der Waals surface area contributed by atoms with Crippen molar-refractivity contribution >= 4 is 17.5 Å². The van der Waals surface area contributed by atoms with Gasteiger partial charge < -0.3 is 10.1 Å². The van der Waals surface area contributed by atoms with Crippen molar-refractivity contribution in [3.05, 3.63) is 60.2 Å². The van der Waals surface area contributed by atoms with Gasteiger partial charge in [-0.3, -0.25) is 14.5 Å². The molecule has 5 heteroatoms. The van der Waals surface area contributed by atoms with E-state index in [1.165, 1.54) is 4.90 Å². The van der Waals surface area contributed by atoms with Gasteiger partial charge in [0.1, 0.15) is 11.8 Å². The van der Waals surface area contributed by atoms with Crippen molar-refractivity contribution in [1.29, 1.82) is 0 Å². The Morgan fingerprint density at radius 3 is 2.44 bits per heavy atom. The molecule has 1 heterocycles. The minimum absolute atomic E-state index is 0.148. The minimum atomic E-state index is -0.531. The number of ether oxygens (including phenoxy) is 1. The number of imide groups is 1. The molecular weight excluding hydrogens is 316 g/mol. The van der Waals surface area contributed by atoms with Gasteiger partial charge in [-0.25, -0.2) is 0 Å². The summed E-state index contributed by atoms with van der Waals surface area (Å²) in [6, 6.07) is 16.2. The lowest BCUT2D eigenvalue weighted by Gasteiger charge is -2.23. The molecule has 0 unspecified atom stereocenters. The van der Waals surface area contributed by atoms with Crippen LogP contribution < -0.4 is 10.1 Å². The zero-order chi connectivity index (χ0) is 17.8. The highest BCUT2D eigenvalue weighted by molar-refractivity contribution is 6.07. The summed E-state index contributed by atoms with van der Waals surface area (Å²) in [6.07, 6.45) is 0.170. The van der Waals surface area contributed by atoms with E-state index in [-0.39, 0.29) is 24.3 Å². The van der Waals surface area contributed by atoms with Crippen LogP contribution in [-0.4, -0.2) is 29.4 Å². The number of hydrogen-bond acceptors (Lipinski definition) is 4. The van der Waals surface area contributed by atoms with E-state index in [1.807, 2.05) is 68.4 Å². The van der Waals surface area contributed by atoms with Crippen molar-refractivity contribution in [2.24, 2.45) is 0 Å². The van der Waals surface area contributed by atoms with Gasteiger partial charge in [-0.1, -0.05) is 30.3 Å². The van der Waals surface area contributed by atoms with Gasteiger partial charge in [0, 0.05) is 5.69 Å². The zero-order valence-corrected chi connectivity index (χ0v) is 14.4. The van der Waals surface area contributed by atoms with Gasteiger partial charge in [-0.05, 0) is 43.7 Å². The number of rotatable bonds is 6. The molecule has 2 aromatic carbocycles. The molecule has 0 aliphatic carbocycles. The number of amides is 2. The van der Waals surface area contributed by atoms with E-state index >= 15 is 0 Å². The average molecular weight is 338 g/mol. The highest BCUT2D eigenvalue weighted by atomic mass is 16.5. The van der Waals surface area contributed by atoms with Crippen molar-refractivity contribution < 1.29 is 14.3 Å². The highest BCUT2D eigenvalue weighted by Gasteiger charge is 2.41. The van der Waals surface area contributed by atoms with Gasteiger partial charge in [-0.2, -0.15) is 0 Å². The Morgan fingerprint density at radius 1 is 1.12 bits per heavy atom. The average Bonchev–Trinajstić information content (AvgIpc) is 2.90. The molecule has 1 N–H and O–H groups in total. The molecule has 2 amide bonds. The lowest BCUT2D eigenvalue weighted by Crippen LogP contribution is -2.36. The first-order valence-electron chi connectivity index (χ1n) is 8.50. The van der Waals surface area contributed by atoms with Crippen molar-refractivity contribution in [3.63, 3.8) is 0 Å². The van der Waals surface area contributed by atoms with E-state index in [1.54, 1.807) is 0 Å². The van der Waals surface area contributed by atoms with Gasteiger partial charge >= 0.3 is 0 Å². The number of hydrogen-bond donors (Lipinski definition) is 1. The third kappa shape index (κ3) is 3.65. The predicted octanol–water partition coefficient (Wildman–Crippen LogP) is 3.39. The van der Waals surface area contributed by atoms with E-state index in [9.17, 15) is 9.59 Å². The SMILES string of the molecule is CCOc1ccc(N[C@@H]2CC(=O)N([C@@H](C)c3ccccc3)C2=O)cc1. The standard InChI is InChI=1S/C20H22N2O3/c1-3-25-17-11-9-16(10-12-17)21-18-13-19(23)22(20(18)24)14(2)15-7-5-4-6-8-15/h4-12,14,18,21H,3,13H2,1-2H3/t14-,18+/m0/s1. The van der Waals surface area contributed by atoms with Gasteiger partial charge in [0.2, 0.25) is 5.91 Å². The van der Waals surface area contributed by atoms with Crippen molar-refractivity contribution in [2.75, 3.05) is 11.9 Å². The Morgan fingerprint density at radius 2 is 1.80 bits per heavy atom. The fraction of sp³-hybridized carbons (Fsp3) is 0.300. The number of likely N-dealkylation sites (tertiary alicyclic amines) is 1. The van der Waals surface area contributed by atoms with Crippen molar-refractivity contribution in [2.45, 2.75) is 32.4 Å². The first kappa shape index (κ1) is 17.0. The Labute approximate surface area is 147 Å². The minimum Gasteiger partial charge on any atom is -0.494 e. The van der Waals surface area contributed by atoms with Crippen LogP contribution in [0.2, 0.25) is 0 Å². The smallest absolute Gasteiger partial charge is 0.252 e. The quantitative estimate of drug-likeness (QED) is 0.820. The van der Waals surface area contributed by atoms with E-state index in [0.717, 1.165) is 17.0 Å². The summed E-state index contributed by atoms with van der Waals surface area (Å²) in [7, 11) is 0. The number of benzene rings is 2. The normalized spacial score (nSPS) is 18.3. The maximum absolute atomic E-state index is 12.7. The Bertz CT molecular complexity index is 743. The fourth-order valence-electron chi connectivity index (χ4n) is 3.07. The Hall–Kier alpha value is -2.82.